The third-order valence-electron chi connectivity index (χ3n) is 1.35. The number of hydrogen-bond donors (Lipinski definition) is 2. The fourth-order valence-electron chi connectivity index (χ4n) is 0.703. The molecule has 0 aliphatic heterocycles. The molecule has 2 N–H and O–H groups in total. The second-order valence-corrected chi connectivity index (χ2v) is 2.67. The van der Waals surface area contributed by atoms with Crippen LogP contribution < -0.4 is 0 Å². The van der Waals surface area contributed by atoms with Gasteiger partial charge in [-0.25, -0.2) is 0 Å². The molecule has 0 saturated carbocycles. The molecule has 1 aromatic heterocycles. The van der Waals surface area contributed by atoms with E-state index in [1.807, 2.05) is 18.2 Å². The van der Waals surface area contributed by atoms with Crippen molar-refractivity contribution < 1.29 is 19.8 Å². The first-order chi connectivity index (χ1) is 7.13. The summed E-state index contributed by atoms with van der Waals surface area (Å²) in [7, 11) is 0. The van der Waals surface area contributed by atoms with Gasteiger partial charge in [-0.15, -0.1) is 0 Å². The summed E-state index contributed by atoms with van der Waals surface area (Å²) in [5.41, 5.74) is 0. The zero-order valence-electron chi connectivity index (χ0n) is 8.17. The van der Waals surface area contributed by atoms with Crippen molar-refractivity contribution in [3.63, 3.8) is 0 Å². The highest BCUT2D eigenvalue weighted by Gasteiger charge is 1.99. The second-order valence-electron chi connectivity index (χ2n) is 2.67. The molecule has 0 unspecified atom stereocenters. The molecule has 1 heterocycles. The van der Waals surface area contributed by atoms with E-state index in [1.165, 1.54) is 0 Å². The molecule has 0 aliphatic rings. The highest BCUT2D eigenvalue weighted by Crippen LogP contribution is 1.93. The van der Waals surface area contributed by atoms with Gasteiger partial charge in [-0.1, -0.05) is 6.07 Å². The molecule has 0 radical (unpaired) electrons. The number of carbonyl (C=O) groups is 2. The first-order valence-corrected chi connectivity index (χ1v) is 4.41. The fraction of sp³-hybridized carbons (Fsp3) is 0.300. The van der Waals surface area contributed by atoms with Gasteiger partial charge in [0.25, 0.3) is 0 Å². The zero-order chi connectivity index (χ0) is 11.5. The van der Waals surface area contributed by atoms with E-state index in [4.69, 9.17) is 10.2 Å². The summed E-state index contributed by atoms with van der Waals surface area (Å²) in [6, 6.07) is 5.72. The summed E-state index contributed by atoms with van der Waals surface area (Å²) in [5.74, 6) is -1.90. The summed E-state index contributed by atoms with van der Waals surface area (Å²) < 4.78 is 0. The van der Waals surface area contributed by atoms with Gasteiger partial charge in [0.15, 0.2) is 0 Å². The normalized spacial score (nSPS) is 8.53. The van der Waals surface area contributed by atoms with Gasteiger partial charge in [-0.05, 0) is 18.6 Å². The molecule has 0 fully saturated rings. The van der Waals surface area contributed by atoms with Crippen molar-refractivity contribution in [1.29, 1.82) is 0 Å². The summed E-state index contributed by atoms with van der Waals surface area (Å²) in [6.07, 6.45) is 3.59. The number of aliphatic carboxylic acids is 2. The van der Waals surface area contributed by atoms with Crippen molar-refractivity contribution in [2.45, 2.75) is 19.3 Å². The van der Waals surface area contributed by atoms with Crippen LogP contribution in [0.25, 0.3) is 0 Å². The minimum atomic E-state index is -0.948. The lowest BCUT2D eigenvalue weighted by molar-refractivity contribution is -0.138. The van der Waals surface area contributed by atoms with Crippen LogP contribution in [0, 0.1) is 0 Å². The molecule has 5 nitrogen and oxygen atoms in total. The van der Waals surface area contributed by atoms with E-state index in [0.29, 0.717) is 0 Å². The van der Waals surface area contributed by atoms with Crippen LogP contribution in [0.3, 0.4) is 0 Å². The third-order valence-corrected chi connectivity index (χ3v) is 1.35. The lowest BCUT2D eigenvalue weighted by Crippen LogP contribution is -1.98. The Labute approximate surface area is 87.4 Å². The Morgan fingerprint density at radius 1 is 0.933 bits per heavy atom. The fourth-order valence-corrected chi connectivity index (χ4v) is 0.703. The number of aromatic nitrogens is 1. The summed E-state index contributed by atoms with van der Waals surface area (Å²) in [6.45, 7) is 0. The average molecular weight is 211 g/mol. The minimum Gasteiger partial charge on any atom is -0.481 e. The molecule has 5 heteroatoms. The van der Waals surface area contributed by atoms with E-state index in [0.717, 1.165) is 0 Å². The molecule has 0 aromatic carbocycles. The van der Waals surface area contributed by atoms with Crippen LogP contribution in [0.2, 0.25) is 0 Å². The molecule has 0 spiro atoms. The Bertz CT molecular complexity index is 246. The predicted octanol–water partition coefficient (Wildman–Crippen LogP) is 1.41. The average Bonchev–Trinajstić information content (AvgIpc) is 2.20. The number of carboxylic acid groups (broad SMARTS) is 2. The van der Waals surface area contributed by atoms with E-state index in [-0.39, 0.29) is 19.3 Å². The van der Waals surface area contributed by atoms with E-state index in [2.05, 4.69) is 4.98 Å². The Hall–Kier alpha value is -1.91. The molecular weight excluding hydrogens is 198 g/mol. The maximum Gasteiger partial charge on any atom is 0.303 e. The Balaban J connectivity index is 0.000000280. The largest absolute Gasteiger partial charge is 0.481 e. The molecule has 1 aromatic rings. The molecule has 0 amide bonds. The van der Waals surface area contributed by atoms with Gasteiger partial charge in [0.1, 0.15) is 0 Å². The van der Waals surface area contributed by atoms with Crippen molar-refractivity contribution in [2.75, 3.05) is 0 Å². The number of carboxylic acids is 2. The zero-order valence-corrected chi connectivity index (χ0v) is 8.17. The van der Waals surface area contributed by atoms with Gasteiger partial charge in [-0.3, -0.25) is 14.6 Å². The minimum absolute atomic E-state index is 0.0632. The van der Waals surface area contributed by atoms with Crippen molar-refractivity contribution >= 4 is 11.9 Å². The maximum absolute atomic E-state index is 9.79. The van der Waals surface area contributed by atoms with Gasteiger partial charge in [0.05, 0.1) is 0 Å². The highest BCUT2D eigenvalue weighted by atomic mass is 16.4. The van der Waals surface area contributed by atoms with Crippen LogP contribution in [0.15, 0.2) is 30.6 Å². The molecule has 0 saturated heterocycles. The number of hydrogen-bond acceptors (Lipinski definition) is 3. The predicted molar refractivity (Wildman–Crippen MR) is 53.4 cm³/mol. The lowest BCUT2D eigenvalue weighted by atomic mass is 10.2. The monoisotopic (exact) mass is 211 g/mol. The number of nitrogens with zero attached hydrogens (tertiary/aromatic N) is 1. The van der Waals surface area contributed by atoms with Gasteiger partial charge in [-0.2, -0.15) is 0 Å². The summed E-state index contributed by atoms with van der Waals surface area (Å²) >= 11 is 0. The second kappa shape index (κ2) is 8.68. The maximum atomic E-state index is 9.79. The van der Waals surface area contributed by atoms with Crippen LogP contribution in [-0.4, -0.2) is 27.1 Å². The van der Waals surface area contributed by atoms with Crippen LogP contribution in [0.5, 0.6) is 0 Å². The first-order valence-electron chi connectivity index (χ1n) is 4.41. The molecule has 0 bridgehead atoms. The van der Waals surface area contributed by atoms with E-state index in [9.17, 15) is 9.59 Å². The third kappa shape index (κ3) is 12.1. The Morgan fingerprint density at radius 2 is 1.40 bits per heavy atom. The Kier molecular flexibility index (Phi) is 7.57. The van der Waals surface area contributed by atoms with E-state index in [1.54, 1.807) is 12.4 Å². The van der Waals surface area contributed by atoms with Crippen molar-refractivity contribution in [1.82, 2.24) is 4.98 Å². The number of rotatable bonds is 4. The smallest absolute Gasteiger partial charge is 0.303 e. The van der Waals surface area contributed by atoms with Crippen LogP contribution >= 0.6 is 0 Å². The van der Waals surface area contributed by atoms with Gasteiger partial charge < -0.3 is 10.2 Å². The topological polar surface area (TPSA) is 87.5 Å². The van der Waals surface area contributed by atoms with Crippen molar-refractivity contribution in [2.24, 2.45) is 0 Å². The Morgan fingerprint density at radius 3 is 1.60 bits per heavy atom. The van der Waals surface area contributed by atoms with E-state index < -0.39 is 11.9 Å². The lowest BCUT2D eigenvalue weighted by Gasteiger charge is -1.89. The SMILES string of the molecule is O=C(O)CCCC(=O)O.c1ccncc1. The quantitative estimate of drug-likeness (QED) is 0.786. The molecule has 1 rings (SSSR count). The summed E-state index contributed by atoms with van der Waals surface area (Å²) in [4.78, 5) is 23.4. The van der Waals surface area contributed by atoms with Gasteiger partial charge in [0, 0.05) is 25.2 Å². The summed E-state index contributed by atoms with van der Waals surface area (Å²) in [5, 5.41) is 16.1. The van der Waals surface area contributed by atoms with Crippen LogP contribution in [-0.2, 0) is 9.59 Å². The van der Waals surface area contributed by atoms with Crippen molar-refractivity contribution in [3.05, 3.63) is 30.6 Å². The standard InChI is InChI=1S/C5H5N.C5H8O4/c1-2-4-6-5-3-1;6-4(7)2-1-3-5(8)9/h1-5H;1-3H2,(H,6,7)(H,8,9). The van der Waals surface area contributed by atoms with Gasteiger partial charge >= 0.3 is 11.9 Å². The highest BCUT2D eigenvalue weighted by molar-refractivity contribution is 5.69. The van der Waals surface area contributed by atoms with Gasteiger partial charge in [0.2, 0.25) is 0 Å². The number of pyridine rings is 1. The van der Waals surface area contributed by atoms with Crippen LogP contribution in [0.4, 0.5) is 0 Å². The van der Waals surface area contributed by atoms with Crippen molar-refractivity contribution in [3.8, 4) is 0 Å². The first kappa shape index (κ1) is 13.1. The van der Waals surface area contributed by atoms with E-state index >= 15 is 0 Å². The molecule has 15 heavy (non-hydrogen) atoms. The van der Waals surface area contributed by atoms with Crippen LogP contribution in [0.1, 0.15) is 19.3 Å². The molecule has 82 valence electrons. The molecule has 0 atom stereocenters. The molecular formula is C10H13NO4. The molecule has 0 aliphatic carbocycles.